The Bertz CT molecular complexity index is 1210. The van der Waals surface area contributed by atoms with Crippen LogP contribution < -0.4 is 5.32 Å². The molecule has 2 amide bonds. The molecule has 1 fully saturated rings. The number of anilines is 1. The molecule has 0 radical (unpaired) electrons. The van der Waals surface area contributed by atoms with Gasteiger partial charge in [-0.15, -0.1) is 23.1 Å². The molecule has 3 heterocycles. The number of carboxylic acid groups (broad SMARTS) is 1. The minimum absolute atomic E-state index is 0.0506. The molecule has 0 aliphatic carbocycles. The maximum absolute atomic E-state index is 12.3. The zero-order chi connectivity index (χ0) is 25.3. The smallest absolute Gasteiger partial charge is 0.413 e. The van der Waals surface area contributed by atoms with Crippen LogP contribution in [0.3, 0.4) is 0 Å². The van der Waals surface area contributed by atoms with E-state index in [1.54, 1.807) is 5.38 Å². The van der Waals surface area contributed by atoms with Crippen molar-refractivity contribution in [3.8, 4) is 0 Å². The number of carbonyl (C=O) groups excluding carboxylic acids is 2. The van der Waals surface area contributed by atoms with Crippen LogP contribution in [-0.2, 0) is 26.7 Å². The lowest BCUT2D eigenvalue weighted by molar-refractivity contribution is -0.384. The Hall–Kier alpha value is -3.49. The number of carboxylic acids is 1. The van der Waals surface area contributed by atoms with Crippen LogP contribution >= 0.6 is 23.1 Å². The Labute approximate surface area is 206 Å². The normalized spacial score (nSPS) is 19.7. The van der Waals surface area contributed by atoms with Gasteiger partial charge in [0.15, 0.2) is 5.13 Å². The van der Waals surface area contributed by atoms with Gasteiger partial charge in [-0.3, -0.25) is 20.2 Å². The molecule has 2 aromatic rings. The standard InChI is InChI=1S/C21H20N4O8S2/c1-10(26)16-14-6-15(17(19(28)29)24(14)18(16)27)34-8-12-9-35-20(22-12)23-21(30)33-7-11-2-4-13(5-3-11)25(31)32/h2-5,9-10,14,16,26H,6-8H2,1H3,(H,28,29)(H,22,23,30)/t10-,14+,16+/m0/s1. The van der Waals surface area contributed by atoms with Gasteiger partial charge in [0.2, 0.25) is 5.91 Å². The average Bonchev–Trinajstić information content (AvgIpc) is 3.38. The van der Waals surface area contributed by atoms with E-state index in [9.17, 15) is 34.7 Å². The monoisotopic (exact) mass is 520 g/mol. The fraction of sp³-hybridized carbons (Fsp3) is 0.333. The number of nitro groups is 1. The summed E-state index contributed by atoms with van der Waals surface area (Å²) in [6.45, 7) is 1.44. The summed E-state index contributed by atoms with van der Waals surface area (Å²) in [5.41, 5.74) is 1.08. The van der Waals surface area contributed by atoms with E-state index < -0.39 is 29.0 Å². The highest BCUT2D eigenvalue weighted by atomic mass is 32.2. The Morgan fingerprint density at radius 2 is 2.11 bits per heavy atom. The van der Waals surface area contributed by atoms with Gasteiger partial charge in [-0.25, -0.2) is 14.6 Å². The number of aromatic nitrogens is 1. The van der Waals surface area contributed by atoms with Gasteiger partial charge in [0.05, 0.1) is 28.7 Å². The molecule has 35 heavy (non-hydrogen) atoms. The summed E-state index contributed by atoms with van der Waals surface area (Å²) in [5.74, 6) is -1.85. The van der Waals surface area contributed by atoms with Crippen molar-refractivity contribution in [3.05, 3.63) is 61.6 Å². The molecule has 12 nitrogen and oxygen atoms in total. The summed E-state index contributed by atoms with van der Waals surface area (Å²) in [6, 6.07) is 5.27. The number of aliphatic hydroxyl groups is 1. The second-order valence-electron chi connectivity index (χ2n) is 7.88. The van der Waals surface area contributed by atoms with E-state index in [0.29, 0.717) is 33.5 Å². The van der Waals surface area contributed by atoms with Crippen molar-refractivity contribution in [2.75, 3.05) is 5.32 Å². The third-order valence-corrected chi connectivity index (χ3v) is 7.52. The molecule has 1 aromatic heterocycles. The first-order valence-corrected chi connectivity index (χ1v) is 12.2. The number of nitro benzene ring substituents is 1. The number of aliphatic hydroxyl groups excluding tert-OH is 1. The molecular weight excluding hydrogens is 500 g/mol. The molecule has 0 spiro atoms. The average molecular weight is 521 g/mol. The number of rotatable bonds is 9. The van der Waals surface area contributed by atoms with Crippen LogP contribution in [0, 0.1) is 16.0 Å². The first-order valence-electron chi connectivity index (χ1n) is 10.4. The number of hydrogen-bond acceptors (Lipinski definition) is 10. The minimum Gasteiger partial charge on any atom is -0.477 e. The van der Waals surface area contributed by atoms with Crippen molar-refractivity contribution in [2.24, 2.45) is 5.92 Å². The number of thioether (sulfide) groups is 1. The minimum atomic E-state index is -1.19. The van der Waals surface area contributed by atoms with E-state index in [1.807, 2.05) is 0 Å². The maximum atomic E-state index is 12.3. The molecule has 0 unspecified atom stereocenters. The zero-order valence-corrected chi connectivity index (χ0v) is 19.9. The molecule has 4 rings (SSSR count). The van der Waals surface area contributed by atoms with E-state index in [-0.39, 0.29) is 29.9 Å². The second kappa shape index (κ2) is 10.0. The number of benzene rings is 1. The molecule has 0 saturated carbocycles. The van der Waals surface area contributed by atoms with Gasteiger partial charge in [0, 0.05) is 34.6 Å². The number of thiazole rings is 1. The number of non-ortho nitro benzene ring substituents is 1. The van der Waals surface area contributed by atoms with Crippen LogP contribution in [0.25, 0.3) is 0 Å². The van der Waals surface area contributed by atoms with Crippen LogP contribution in [0.5, 0.6) is 0 Å². The molecule has 0 bridgehead atoms. The van der Waals surface area contributed by atoms with Crippen molar-refractivity contribution in [1.29, 1.82) is 0 Å². The number of carbonyl (C=O) groups is 3. The van der Waals surface area contributed by atoms with E-state index >= 15 is 0 Å². The van der Waals surface area contributed by atoms with Crippen molar-refractivity contribution in [3.63, 3.8) is 0 Å². The van der Waals surface area contributed by atoms with Gasteiger partial charge in [-0.1, -0.05) is 0 Å². The van der Waals surface area contributed by atoms with Crippen LogP contribution in [0.4, 0.5) is 15.6 Å². The van der Waals surface area contributed by atoms with Gasteiger partial charge in [0.1, 0.15) is 12.3 Å². The summed E-state index contributed by atoms with van der Waals surface area (Å²) < 4.78 is 5.10. The molecule has 3 N–H and O–H groups in total. The molecule has 1 saturated heterocycles. The number of aliphatic carboxylic acids is 1. The number of nitrogens with zero attached hydrogens (tertiary/aromatic N) is 3. The lowest BCUT2D eigenvalue weighted by atomic mass is 9.83. The lowest BCUT2D eigenvalue weighted by Gasteiger charge is -2.44. The van der Waals surface area contributed by atoms with Gasteiger partial charge in [-0.2, -0.15) is 0 Å². The Balaban J connectivity index is 1.30. The molecule has 184 valence electrons. The quantitative estimate of drug-likeness (QED) is 0.253. The SMILES string of the molecule is C[C@H](O)[C@H]1C(=O)N2C(C(=O)O)=C(SCc3csc(NC(=O)OCc4ccc([N+](=O)[O-])cc4)n3)C[C@H]12. The van der Waals surface area contributed by atoms with E-state index in [0.717, 1.165) is 0 Å². The maximum Gasteiger partial charge on any atom is 0.413 e. The van der Waals surface area contributed by atoms with Crippen LogP contribution in [0.1, 0.15) is 24.6 Å². The number of β-lactam (4-membered cyclic amide) rings is 1. The third-order valence-electron chi connectivity index (χ3n) is 5.56. The molecular formula is C21H20N4O8S2. The largest absolute Gasteiger partial charge is 0.477 e. The van der Waals surface area contributed by atoms with E-state index in [4.69, 9.17) is 4.74 Å². The van der Waals surface area contributed by atoms with Crippen LogP contribution in [0.15, 0.2) is 40.2 Å². The first-order chi connectivity index (χ1) is 16.7. The summed E-state index contributed by atoms with van der Waals surface area (Å²) in [7, 11) is 0. The van der Waals surface area contributed by atoms with Gasteiger partial charge in [-0.05, 0) is 24.6 Å². The number of hydrogen-bond donors (Lipinski definition) is 3. The van der Waals surface area contributed by atoms with Gasteiger partial charge in [0.25, 0.3) is 5.69 Å². The topological polar surface area (TPSA) is 172 Å². The summed E-state index contributed by atoms with van der Waals surface area (Å²) >= 11 is 2.43. The Morgan fingerprint density at radius 1 is 1.40 bits per heavy atom. The molecule has 2 aliphatic heterocycles. The first kappa shape index (κ1) is 24.6. The highest BCUT2D eigenvalue weighted by molar-refractivity contribution is 8.02. The van der Waals surface area contributed by atoms with Gasteiger partial charge >= 0.3 is 12.1 Å². The molecule has 2 aliphatic rings. The molecule has 3 atom stereocenters. The highest BCUT2D eigenvalue weighted by Crippen LogP contribution is 2.47. The predicted molar refractivity (Wildman–Crippen MR) is 125 cm³/mol. The third kappa shape index (κ3) is 5.13. The van der Waals surface area contributed by atoms with Crippen LogP contribution in [0.2, 0.25) is 0 Å². The van der Waals surface area contributed by atoms with E-state index in [1.165, 1.54) is 59.2 Å². The zero-order valence-electron chi connectivity index (χ0n) is 18.2. The fourth-order valence-corrected chi connectivity index (χ4v) is 5.82. The van der Waals surface area contributed by atoms with Gasteiger partial charge < -0.3 is 19.8 Å². The summed E-state index contributed by atoms with van der Waals surface area (Å²) in [5, 5.41) is 34.6. The molecule has 1 aromatic carbocycles. The number of amides is 2. The van der Waals surface area contributed by atoms with E-state index in [2.05, 4.69) is 10.3 Å². The van der Waals surface area contributed by atoms with Crippen molar-refractivity contribution >= 4 is 51.9 Å². The van der Waals surface area contributed by atoms with Crippen molar-refractivity contribution in [2.45, 2.75) is 37.9 Å². The van der Waals surface area contributed by atoms with Crippen molar-refractivity contribution < 1.29 is 34.3 Å². The Morgan fingerprint density at radius 3 is 2.74 bits per heavy atom. The van der Waals surface area contributed by atoms with Crippen LogP contribution in [-0.4, -0.2) is 55.1 Å². The molecule has 14 heteroatoms. The lowest BCUT2D eigenvalue weighted by Crippen LogP contribution is -2.61. The summed E-state index contributed by atoms with van der Waals surface area (Å²) in [6.07, 6.45) is -1.23. The van der Waals surface area contributed by atoms with Crippen molar-refractivity contribution in [1.82, 2.24) is 9.88 Å². The Kier molecular flexibility index (Phi) is 7.05. The predicted octanol–water partition coefficient (Wildman–Crippen LogP) is 2.94. The number of nitrogens with one attached hydrogen (secondary N) is 1. The fourth-order valence-electron chi connectivity index (χ4n) is 3.94. The summed E-state index contributed by atoms with van der Waals surface area (Å²) in [4.78, 5) is 52.3. The highest BCUT2D eigenvalue weighted by Gasteiger charge is 2.56. The second-order valence-corrected chi connectivity index (χ2v) is 9.81. The number of fused-ring (bicyclic) bond motifs is 1. The number of ether oxygens (including phenoxy) is 1.